The molecule has 1 N–H and O–H groups in total. The van der Waals surface area contributed by atoms with Gasteiger partial charge in [-0.25, -0.2) is 17.6 Å². The van der Waals surface area contributed by atoms with E-state index in [0.29, 0.717) is 25.9 Å². The quantitative estimate of drug-likeness (QED) is 0.459. The maximum atomic E-state index is 15.1. The van der Waals surface area contributed by atoms with Crippen LogP contribution >= 0.6 is 0 Å². The second-order valence-electron chi connectivity index (χ2n) is 9.84. The lowest BCUT2D eigenvalue weighted by Crippen LogP contribution is -2.36. The van der Waals surface area contributed by atoms with Crippen molar-refractivity contribution in [3.63, 3.8) is 0 Å². The van der Waals surface area contributed by atoms with E-state index in [1.807, 2.05) is 0 Å². The third-order valence-electron chi connectivity index (χ3n) is 6.13. The summed E-state index contributed by atoms with van der Waals surface area (Å²) in [5, 5.41) is 8.52. The molecule has 1 aliphatic carbocycles. The van der Waals surface area contributed by atoms with Crippen LogP contribution in [0.5, 0.6) is 5.75 Å². The van der Waals surface area contributed by atoms with Gasteiger partial charge < -0.3 is 19.1 Å². The molecule has 0 saturated heterocycles. The van der Waals surface area contributed by atoms with Crippen LogP contribution in [0.25, 0.3) is 11.3 Å². The van der Waals surface area contributed by atoms with Crippen molar-refractivity contribution in [2.45, 2.75) is 56.2 Å². The number of pyridine rings is 1. The van der Waals surface area contributed by atoms with E-state index >= 15 is 4.39 Å². The van der Waals surface area contributed by atoms with E-state index in [2.05, 4.69) is 0 Å². The molecule has 2 aliphatic rings. The number of aromatic nitrogens is 1. The van der Waals surface area contributed by atoms with Gasteiger partial charge in [-0.1, -0.05) is 20.8 Å². The Balaban J connectivity index is 2.03. The third-order valence-corrected chi connectivity index (χ3v) is 8.66. The van der Waals surface area contributed by atoms with Crippen molar-refractivity contribution in [2.75, 3.05) is 20.3 Å². The van der Waals surface area contributed by atoms with Crippen LogP contribution in [0.4, 0.5) is 4.39 Å². The maximum Gasteiger partial charge on any atom is 0.341 e. The Labute approximate surface area is 197 Å². The van der Waals surface area contributed by atoms with Gasteiger partial charge in [-0.05, 0) is 36.0 Å². The lowest BCUT2D eigenvalue weighted by atomic mass is 9.84. The number of sulfone groups is 1. The van der Waals surface area contributed by atoms with Crippen molar-refractivity contribution in [3.05, 3.63) is 45.5 Å². The first kappa shape index (κ1) is 24.4. The maximum absolute atomic E-state index is 15.1. The topological polar surface area (TPSA) is 112 Å². The van der Waals surface area contributed by atoms with Crippen LogP contribution < -0.4 is 10.3 Å². The summed E-state index contributed by atoms with van der Waals surface area (Å²) < 4.78 is 54.7. The molecule has 8 nitrogen and oxygen atoms in total. The highest BCUT2D eigenvalue weighted by molar-refractivity contribution is 7.92. The van der Waals surface area contributed by atoms with Crippen molar-refractivity contribution in [3.8, 4) is 17.0 Å². The highest BCUT2D eigenvalue weighted by atomic mass is 32.2. The van der Waals surface area contributed by atoms with E-state index in [9.17, 15) is 23.1 Å². The summed E-state index contributed by atoms with van der Waals surface area (Å²) in [6, 6.07) is 3.15. The number of nitrogens with zero attached hydrogens (tertiary/aromatic N) is 1. The Morgan fingerprint density at radius 3 is 2.44 bits per heavy atom. The van der Waals surface area contributed by atoms with Gasteiger partial charge in [0.15, 0.2) is 21.4 Å². The number of aromatic carboxylic acids is 1. The molecular formula is C24H28FNO7S. The van der Waals surface area contributed by atoms with Crippen LogP contribution in [0.2, 0.25) is 0 Å². The molecule has 184 valence electrons. The minimum atomic E-state index is -4.09. The van der Waals surface area contributed by atoms with Crippen molar-refractivity contribution in [2.24, 2.45) is 5.41 Å². The largest absolute Gasteiger partial charge is 0.490 e. The van der Waals surface area contributed by atoms with Crippen LogP contribution in [-0.2, 0) is 14.6 Å². The van der Waals surface area contributed by atoms with Crippen molar-refractivity contribution >= 4 is 15.8 Å². The molecule has 1 unspecified atom stereocenters. The molecule has 10 heteroatoms. The Bertz CT molecular complexity index is 1320. The Morgan fingerprint density at radius 2 is 1.88 bits per heavy atom. The molecule has 0 spiro atoms. The molecule has 4 rings (SSSR count). The standard InChI is InChI=1S/C24H28FNO7S/c1-24(2,3)21-15-10-16(23(28)29)22(27)26(13-6-7-13)20(15)14-11-17(25)18(33-9-5-8-32-4)12-19(14)34(21,30)31/h10-13,21H,5-9H2,1-4H3,(H,28,29). The van der Waals surface area contributed by atoms with Crippen LogP contribution in [0.1, 0.15) is 67.2 Å². The highest BCUT2D eigenvalue weighted by Crippen LogP contribution is 2.54. The number of carboxylic acids is 1. The second kappa shape index (κ2) is 8.49. The van der Waals surface area contributed by atoms with Crippen LogP contribution in [0, 0.1) is 11.2 Å². The van der Waals surface area contributed by atoms with Crippen molar-refractivity contribution in [1.82, 2.24) is 4.57 Å². The molecule has 1 saturated carbocycles. The molecule has 0 bridgehead atoms. The number of halogens is 1. The highest BCUT2D eigenvalue weighted by Gasteiger charge is 2.48. The van der Waals surface area contributed by atoms with Crippen LogP contribution in [0.3, 0.4) is 0 Å². The van der Waals surface area contributed by atoms with E-state index in [1.54, 1.807) is 20.8 Å². The van der Waals surface area contributed by atoms with Gasteiger partial charge in [0.25, 0.3) is 5.56 Å². The number of methoxy groups -OCH3 is 1. The molecule has 2 aromatic rings. The van der Waals surface area contributed by atoms with Gasteiger partial charge in [-0.15, -0.1) is 0 Å². The Hall–Kier alpha value is -2.72. The average Bonchev–Trinajstić information content (AvgIpc) is 3.55. The molecule has 1 atom stereocenters. The predicted molar refractivity (Wildman–Crippen MR) is 123 cm³/mol. The van der Waals surface area contributed by atoms with E-state index in [0.717, 1.165) is 12.1 Å². The fourth-order valence-electron chi connectivity index (χ4n) is 4.65. The SMILES string of the molecule is COCCCOc1cc2c(cc1F)-c1c(cc(C(=O)O)c(=O)n1C1CC1)C(C(C)(C)C)S2(=O)=O. The molecule has 0 radical (unpaired) electrons. The number of fused-ring (bicyclic) bond motifs is 3. The van der Waals surface area contributed by atoms with E-state index in [1.165, 1.54) is 17.7 Å². The summed E-state index contributed by atoms with van der Waals surface area (Å²) >= 11 is 0. The number of benzene rings is 1. The fraction of sp³-hybridized carbons (Fsp3) is 0.500. The molecule has 0 amide bonds. The summed E-state index contributed by atoms with van der Waals surface area (Å²) in [7, 11) is -2.55. The lowest BCUT2D eigenvalue weighted by Gasteiger charge is -2.37. The van der Waals surface area contributed by atoms with Crippen molar-refractivity contribution in [1.29, 1.82) is 0 Å². The van der Waals surface area contributed by atoms with E-state index in [4.69, 9.17) is 9.47 Å². The summed E-state index contributed by atoms with van der Waals surface area (Å²) in [6.07, 6.45) is 1.80. The van der Waals surface area contributed by atoms with Gasteiger partial charge in [0.1, 0.15) is 5.56 Å². The molecule has 1 aliphatic heterocycles. The minimum absolute atomic E-state index is 0.0539. The summed E-state index contributed by atoms with van der Waals surface area (Å²) in [4.78, 5) is 24.9. The molecule has 1 aromatic carbocycles. The van der Waals surface area contributed by atoms with Gasteiger partial charge in [-0.2, -0.15) is 0 Å². The number of hydrogen-bond donors (Lipinski definition) is 1. The second-order valence-corrected chi connectivity index (χ2v) is 11.8. The number of rotatable bonds is 7. The lowest BCUT2D eigenvalue weighted by molar-refractivity contribution is 0.0694. The zero-order chi connectivity index (χ0) is 25.0. The number of ether oxygens (including phenoxy) is 2. The molecular weight excluding hydrogens is 465 g/mol. The monoisotopic (exact) mass is 493 g/mol. The first-order valence-corrected chi connectivity index (χ1v) is 12.7. The Kier molecular flexibility index (Phi) is 6.10. The Morgan fingerprint density at radius 1 is 1.21 bits per heavy atom. The third kappa shape index (κ3) is 4.02. The van der Waals surface area contributed by atoms with Gasteiger partial charge in [0, 0.05) is 37.8 Å². The number of hydrogen-bond acceptors (Lipinski definition) is 6. The van der Waals surface area contributed by atoms with Gasteiger partial charge >= 0.3 is 5.97 Å². The smallest absolute Gasteiger partial charge is 0.341 e. The minimum Gasteiger partial charge on any atom is -0.490 e. The predicted octanol–water partition coefficient (Wildman–Crippen LogP) is 3.98. The summed E-state index contributed by atoms with van der Waals surface area (Å²) in [5.74, 6) is -2.38. The average molecular weight is 494 g/mol. The van der Waals surface area contributed by atoms with Gasteiger partial charge in [-0.3, -0.25) is 4.79 Å². The summed E-state index contributed by atoms with van der Waals surface area (Å²) in [5.41, 5.74) is -1.52. The molecule has 1 aromatic heterocycles. The molecule has 34 heavy (non-hydrogen) atoms. The first-order chi connectivity index (χ1) is 15.9. The zero-order valence-electron chi connectivity index (χ0n) is 19.6. The molecule has 2 heterocycles. The molecule has 1 fully saturated rings. The van der Waals surface area contributed by atoms with Crippen LogP contribution in [0.15, 0.2) is 27.9 Å². The van der Waals surface area contributed by atoms with Gasteiger partial charge in [0.05, 0.1) is 22.4 Å². The number of carbonyl (C=O) groups is 1. The number of carboxylic acid groups (broad SMARTS) is 1. The van der Waals surface area contributed by atoms with Gasteiger partial charge in [0.2, 0.25) is 0 Å². The van der Waals surface area contributed by atoms with E-state index < -0.39 is 43.4 Å². The summed E-state index contributed by atoms with van der Waals surface area (Å²) in [6.45, 7) is 5.76. The first-order valence-electron chi connectivity index (χ1n) is 11.1. The normalized spacial score (nSPS) is 18.8. The van der Waals surface area contributed by atoms with E-state index in [-0.39, 0.29) is 40.1 Å². The fourth-order valence-corrected chi connectivity index (χ4v) is 7.08. The zero-order valence-corrected chi connectivity index (χ0v) is 20.4. The van der Waals surface area contributed by atoms with Crippen molar-refractivity contribution < 1.29 is 32.2 Å². The van der Waals surface area contributed by atoms with Crippen LogP contribution in [-0.4, -0.2) is 44.4 Å².